The van der Waals surface area contributed by atoms with E-state index >= 15 is 0 Å². The van der Waals surface area contributed by atoms with Crippen LogP contribution in [-0.2, 0) is 0 Å². The number of amides is 1. The number of hydrogen-bond acceptors (Lipinski definition) is 3. The number of nitrogens with one attached hydrogen (secondary N) is 2. The first-order valence-electron chi connectivity index (χ1n) is 6.07. The lowest BCUT2D eigenvalue weighted by molar-refractivity contribution is 0.0998. The Hall–Kier alpha value is -2.08. The number of halogens is 1. The van der Waals surface area contributed by atoms with Crippen LogP contribution in [0.3, 0.4) is 0 Å². The zero-order valence-electron chi connectivity index (χ0n) is 11.0. The molecule has 0 aliphatic rings. The zero-order valence-corrected chi connectivity index (χ0v) is 12.5. The first-order valence-corrected chi connectivity index (χ1v) is 6.86. The molecule has 5 nitrogen and oxygen atoms in total. The number of H-pyrrole nitrogens is 1. The first-order chi connectivity index (χ1) is 9.56. The number of benzene rings is 1. The minimum absolute atomic E-state index is 0.270. The highest BCUT2D eigenvalue weighted by Crippen LogP contribution is 2.27. The van der Waals surface area contributed by atoms with Crippen molar-refractivity contribution in [3.8, 4) is 0 Å². The molecular formula is C14H12BrN3O2. The van der Waals surface area contributed by atoms with E-state index in [4.69, 9.17) is 4.42 Å². The Morgan fingerprint density at radius 3 is 2.85 bits per heavy atom. The highest BCUT2D eigenvalue weighted by Gasteiger charge is 2.16. The number of rotatable bonds is 2. The summed E-state index contributed by atoms with van der Waals surface area (Å²) in [5.74, 6) is -0.0207. The van der Waals surface area contributed by atoms with Gasteiger partial charge in [-0.05, 0) is 41.9 Å². The number of para-hydroxylation sites is 1. The van der Waals surface area contributed by atoms with Crippen molar-refractivity contribution in [3.05, 3.63) is 45.9 Å². The Kier molecular flexibility index (Phi) is 3.10. The third kappa shape index (κ3) is 2.12. The number of aromatic amines is 1. The number of aromatic nitrogens is 2. The Morgan fingerprint density at radius 2 is 2.20 bits per heavy atom. The number of fused-ring (bicyclic) bond motifs is 1. The van der Waals surface area contributed by atoms with Gasteiger partial charge in [-0.1, -0.05) is 12.1 Å². The van der Waals surface area contributed by atoms with Crippen molar-refractivity contribution in [1.29, 1.82) is 0 Å². The second kappa shape index (κ2) is 4.79. The van der Waals surface area contributed by atoms with Gasteiger partial charge < -0.3 is 9.73 Å². The fourth-order valence-corrected chi connectivity index (χ4v) is 2.51. The van der Waals surface area contributed by atoms with E-state index in [-0.39, 0.29) is 11.7 Å². The van der Waals surface area contributed by atoms with Gasteiger partial charge in [0.1, 0.15) is 5.58 Å². The molecule has 0 fully saturated rings. The molecule has 3 aromatic rings. The minimum Gasteiger partial charge on any atom is -0.450 e. The van der Waals surface area contributed by atoms with Gasteiger partial charge in [0.25, 0.3) is 5.91 Å². The Labute approximate surface area is 123 Å². The number of carbonyl (C=O) groups is 1. The molecule has 0 aliphatic heterocycles. The molecule has 2 N–H and O–H groups in total. The fraction of sp³-hybridized carbons (Fsp3) is 0.143. The lowest BCUT2D eigenvalue weighted by Crippen LogP contribution is -2.11. The SMILES string of the molecule is Cc1n[nH]c(C)c1NC(=O)c1cc2cccc(Br)c2o1. The summed E-state index contributed by atoms with van der Waals surface area (Å²) in [6.45, 7) is 3.68. The van der Waals surface area contributed by atoms with Crippen LogP contribution in [0.4, 0.5) is 5.69 Å². The molecule has 20 heavy (non-hydrogen) atoms. The van der Waals surface area contributed by atoms with Gasteiger partial charge in [0, 0.05) is 5.39 Å². The molecule has 2 aromatic heterocycles. The van der Waals surface area contributed by atoms with Crippen LogP contribution < -0.4 is 5.32 Å². The maximum atomic E-state index is 12.2. The molecule has 1 amide bonds. The molecule has 0 aliphatic carbocycles. The predicted octanol–water partition coefficient (Wildman–Crippen LogP) is 3.79. The van der Waals surface area contributed by atoms with Gasteiger partial charge in [-0.25, -0.2) is 0 Å². The van der Waals surface area contributed by atoms with E-state index in [0.29, 0.717) is 11.3 Å². The minimum atomic E-state index is -0.291. The summed E-state index contributed by atoms with van der Waals surface area (Å²) in [5.41, 5.74) is 2.91. The van der Waals surface area contributed by atoms with Crippen LogP contribution in [0, 0.1) is 13.8 Å². The molecule has 0 radical (unpaired) electrons. The molecule has 3 rings (SSSR count). The fourth-order valence-electron chi connectivity index (χ4n) is 2.05. The number of aryl methyl sites for hydroxylation is 2. The van der Waals surface area contributed by atoms with Gasteiger partial charge >= 0.3 is 0 Å². The van der Waals surface area contributed by atoms with E-state index in [2.05, 4.69) is 31.4 Å². The summed E-state index contributed by atoms with van der Waals surface area (Å²) in [4.78, 5) is 12.2. The van der Waals surface area contributed by atoms with E-state index in [9.17, 15) is 4.79 Å². The van der Waals surface area contributed by atoms with Crippen LogP contribution in [0.2, 0.25) is 0 Å². The molecule has 0 bridgehead atoms. The number of anilines is 1. The lowest BCUT2D eigenvalue weighted by atomic mass is 10.2. The summed E-state index contributed by atoms with van der Waals surface area (Å²) in [5, 5.41) is 10.6. The van der Waals surface area contributed by atoms with Crippen LogP contribution in [0.25, 0.3) is 11.0 Å². The topological polar surface area (TPSA) is 70.9 Å². The van der Waals surface area contributed by atoms with Crippen LogP contribution in [0.15, 0.2) is 33.2 Å². The molecule has 0 saturated heterocycles. The standard InChI is InChI=1S/C14H12BrN3O2/c1-7-12(8(2)18-17-7)16-14(19)11-6-9-4-3-5-10(15)13(9)20-11/h3-6H,1-2H3,(H,16,19)(H,17,18). The van der Waals surface area contributed by atoms with Gasteiger partial charge in [-0.15, -0.1) is 0 Å². The molecule has 1 aromatic carbocycles. The second-order valence-corrected chi connectivity index (χ2v) is 5.39. The third-order valence-corrected chi connectivity index (χ3v) is 3.71. The maximum absolute atomic E-state index is 12.2. The molecule has 0 unspecified atom stereocenters. The van der Waals surface area contributed by atoms with E-state index in [1.165, 1.54) is 0 Å². The monoisotopic (exact) mass is 333 g/mol. The average molecular weight is 334 g/mol. The summed E-state index contributed by atoms with van der Waals surface area (Å²) >= 11 is 3.40. The molecule has 0 saturated carbocycles. The van der Waals surface area contributed by atoms with Gasteiger partial charge in [0.2, 0.25) is 0 Å². The largest absolute Gasteiger partial charge is 0.450 e. The quantitative estimate of drug-likeness (QED) is 0.749. The van der Waals surface area contributed by atoms with Crippen molar-refractivity contribution in [2.24, 2.45) is 0 Å². The first kappa shape index (κ1) is 12.9. The predicted molar refractivity (Wildman–Crippen MR) is 79.9 cm³/mol. The molecule has 2 heterocycles. The van der Waals surface area contributed by atoms with Crippen LogP contribution in [-0.4, -0.2) is 16.1 Å². The van der Waals surface area contributed by atoms with Crippen molar-refractivity contribution >= 4 is 38.5 Å². The van der Waals surface area contributed by atoms with Crippen molar-refractivity contribution < 1.29 is 9.21 Å². The van der Waals surface area contributed by atoms with E-state index in [0.717, 1.165) is 21.2 Å². The smallest absolute Gasteiger partial charge is 0.291 e. The van der Waals surface area contributed by atoms with Crippen LogP contribution in [0.5, 0.6) is 0 Å². The number of hydrogen-bond donors (Lipinski definition) is 2. The van der Waals surface area contributed by atoms with Crippen molar-refractivity contribution in [2.75, 3.05) is 5.32 Å². The normalized spacial score (nSPS) is 10.9. The molecule has 6 heteroatoms. The van der Waals surface area contributed by atoms with Crippen molar-refractivity contribution in [1.82, 2.24) is 10.2 Å². The average Bonchev–Trinajstić information content (AvgIpc) is 2.98. The van der Waals surface area contributed by atoms with Crippen LogP contribution >= 0.6 is 15.9 Å². The Bertz CT molecular complexity index is 784. The highest BCUT2D eigenvalue weighted by atomic mass is 79.9. The zero-order chi connectivity index (χ0) is 14.3. The summed E-state index contributed by atoms with van der Waals surface area (Å²) in [7, 11) is 0. The van der Waals surface area contributed by atoms with Crippen LogP contribution in [0.1, 0.15) is 21.9 Å². The molecular weight excluding hydrogens is 322 g/mol. The van der Waals surface area contributed by atoms with Gasteiger partial charge in [-0.2, -0.15) is 5.10 Å². The van der Waals surface area contributed by atoms with Gasteiger partial charge in [-0.3, -0.25) is 9.89 Å². The summed E-state index contributed by atoms with van der Waals surface area (Å²) in [6.07, 6.45) is 0. The van der Waals surface area contributed by atoms with E-state index in [1.807, 2.05) is 32.0 Å². The van der Waals surface area contributed by atoms with Crippen molar-refractivity contribution in [2.45, 2.75) is 13.8 Å². The maximum Gasteiger partial charge on any atom is 0.291 e. The molecule has 0 spiro atoms. The second-order valence-electron chi connectivity index (χ2n) is 4.53. The molecule has 102 valence electrons. The third-order valence-electron chi connectivity index (χ3n) is 3.09. The Morgan fingerprint density at radius 1 is 1.40 bits per heavy atom. The Balaban J connectivity index is 1.95. The molecule has 0 atom stereocenters. The number of nitrogens with zero attached hydrogens (tertiary/aromatic N) is 1. The lowest BCUT2D eigenvalue weighted by Gasteiger charge is -2.02. The number of carbonyl (C=O) groups excluding carboxylic acids is 1. The highest BCUT2D eigenvalue weighted by molar-refractivity contribution is 9.10. The summed E-state index contributed by atoms with van der Waals surface area (Å²) < 4.78 is 6.42. The van der Waals surface area contributed by atoms with E-state index in [1.54, 1.807) is 6.07 Å². The van der Waals surface area contributed by atoms with Gasteiger partial charge in [0.05, 0.1) is 21.5 Å². The summed E-state index contributed by atoms with van der Waals surface area (Å²) in [6, 6.07) is 7.39. The van der Waals surface area contributed by atoms with Crippen molar-refractivity contribution in [3.63, 3.8) is 0 Å². The van der Waals surface area contributed by atoms with E-state index < -0.39 is 0 Å². The van der Waals surface area contributed by atoms with Gasteiger partial charge in [0.15, 0.2) is 5.76 Å². The number of furan rings is 1.